The van der Waals surface area contributed by atoms with Crippen LogP contribution in [0.1, 0.15) is 39.2 Å². The van der Waals surface area contributed by atoms with Crippen molar-refractivity contribution >= 4 is 29.2 Å². The highest BCUT2D eigenvalue weighted by molar-refractivity contribution is 6.05. The predicted octanol–water partition coefficient (Wildman–Crippen LogP) is 3.70. The summed E-state index contributed by atoms with van der Waals surface area (Å²) in [6.45, 7) is 4.93. The van der Waals surface area contributed by atoms with Gasteiger partial charge in [0.15, 0.2) is 0 Å². The number of anilines is 1. The molecule has 0 bridgehead atoms. The molecule has 0 saturated carbocycles. The number of amides is 1. The van der Waals surface area contributed by atoms with Crippen molar-refractivity contribution in [3.63, 3.8) is 0 Å². The molecule has 1 fully saturated rings. The van der Waals surface area contributed by atoms with E-state index in [9.17, 15) is 14.4 Å². The summed E-state index contributed by atoms with van der Waals surface area (Å²) in [6, 6.07) is 10.8. The van der Waals surface area contributed by atoms with Crippen LogP contribution in [0, 0.1) is 0 Å². The fourth-order valence-electron chi connectivity index (χ4n) is 3.52. The molecule has 0 aromatic heterocycles. The summed E-state index contributed by atoms with van der Waals surface area (Å²) < 4.78 is 10.8. The Labute approximate surface area is 180 Å². The molecule has 31 heavy (non-hydrogen) atoms. The molecule has 1 heterocycles. The molecule has 8 heteroatoms. The highest BCUT2D eigenvalue weighted by atomic mass is 16.6. The molecule has 0 unspecified atom stereocenters. The molecule has 1 amide bonds. The van der Waals surface area contributed by atoms with Crippen LogP contribution in [-0.4, -0.2) is 37.2 Å². The molecule has 2 aromatic carbocycles. The van der Waals surface area contributed by atoms with Crippen LogP contribution in [0.25, 0.3) is 11.1 Å². The number of carbonyl (C=O) groups excluding carboxylic acids is 3. The number of benzene rings is 2. The van der Waals surface area contributed by atoms with E-state index in [1.807, 2.05) is 24.3 Å². The van der Waals surface area contributed by atoms with Crippen molar-refractivity contribution in [1.29, 1.82) is 0 Å². The first-order valence-corrected chi connectivity index (χ1v) is 9.84. The van der Waals surface area contributed by atoms with Gasteiger partial charge in [-0.1, -0.05) is 17.3 Å². The SMILES string of the molecule is CO/N=C(/C)c1c(OC(C)=O)cc(-c2ccc(N3CCCC3=O)cc2)cc1OC(C)=O. The van der Waals surface area contributed by atoms with Crippen molar-refractivity contribution in [2.75, 3.05) is 18.6 Å². The minimum atomic E-state index is -0.528. The van der Waals surface area contributed by atoms with Gasteiger partial charge in [0, 0.05) is 32.5 Å². The third-order valence-corrected chi connectivity index (χ3v) is 4.75. The van der Waals surface area contributed by atoms with Crippen LogP contribution in [0.5, 0.6) is 11.5 Å². The lowest BCUT2D eigenvalue weighted by Gasteiger charge is -2.17. The van der Waals surface area contributed by atoms with Crippen LogP contribution in [0.15, 0.2) is 41.6 Å². The molecular weight excluding hydrogens is 400 g/mol. The van der Waals surface area contributed by atoms with Gasteiger partial charge in [-0.3, -0.25) is 14.4 Å². The third-order valence-electron chi connectivity index (χ3n) is 4.75. The lowest BCUT2D eigenvalue weighted by Crippen LogP contribution is -2.23. The summed E-state index contributed by atoms with van der Waals surface area (Å²) in [5.41, 5.74) is 3.01. The van der Waals surface area contributed by atoms with Gasteiger partial charge in [-0.2, -0.15) is 0 Å². The van der Waals surface area contributed by atoms with Crippen molar-refractivity contribution in [1.82, 2.24) is 0 Å². The maximum atomic E-state index is 12.0. The molecule has 3 rings (SSSR count). The summed E-state index contributed by atoms with van der Waals surface area (Å²) in [4.78, 5) is 42.0. The first-order valence-electron chi connectivity index (χ1n) is 9.84. The average Bonchev–Trinajstić information content (AvgIpc) is 3.13. The largest absolute Gasteiger partial charge is 0.426 e. The van der Waals surface area contributed by atoms with Gasteiger partial charge in [0.05, 0.1) is 11.3 Å². The maximum Gasteiger partial charge on any atom is 0.308 e. The normalized spacial score (nSPS) is 13.9. The van der Waals surface area contributed by atoms with E-state index in [2.05, 4.69) is 5.16 Å². The number of nitrogens with zero attached hydrogens (tertiary/aromatic N) is 2. The molecule has 0 aliphatic carbocycles. The summed E-state index contributed by atoms with van der Waals surface area (Å²) in [7, 11) is 1.39. The Morgan fingerprint density at radius 3 is 1.97 bits per heavy atom. The lowest BCUT2D eigenvalue weighted by molar-refractivity contribution is -0.132. The topological polar surface area (TPSA) is 94.5 Å². The van der Waals surface area contributed by atoms with Crippen LogP contribution in [0.3, 0.4) is 0 Å². The van der Waals surface area contributed by atoms with E-state index in [0.717, 1.165) is 17.7 Å². The number of hydrogen-bond acceptors (Lipinski definition) is 7. The second-order valence-corrected chi connectivity index (χ2v) is 7.09. The molecule has 8 nitrogen and oxygen atoms in total. The van der Waals surface area contributed by atoms with Gasteiger partial charge >= 0.3 is 11.9 Å². The van der Waals surface area contributed by atoms with Crippen LogP contribution in [-0.2, 0) is 19.2 Å². The van der Waals surface area contributed by atoms with Crippen molar-refractivity contribution in [3.8, 4) is 22.6 Å². The zero-order chi connectivity index (χ0) is 22.5. The Hall–Kier alpha value is -3.68. The van der Waals surface area contributed by atoms with Gasteiger partial charge in [-0.15, -0.1) is 0 Å². The van der Waals surface area contributed by atoms with Gasteiger partial charge in [0.2, 0.25) is 5.91 Å². The molecule has 0 N–H and O–H groups in total. The second-order valence-electron chi connectivity index (χ2n) is 7.09. The minimum absolute atomic E-state index is 0.110. The van der Waals surface area contributed by atoms with E-state index < -0.39 is 11.9 Å². The van der Waals surface area contributed by atoms with Gasteiger partial charge in [-0.05, 0) is 48.7 Å². The van der Waals surface area contributed by atoms with Crippen molar-refractivity contribution in [3.05, 3.63) is 42.0 Å². The smallest absolute Gasteiger partial charge is 0.308 e. The molecule has 1 aliphatic rings. The average molecular weight is 424 g/mol. The Kier molecular flexibility index (Phi) is 6.69. The van der Waals surface area contributed by atoms with Crippen LogP contribution in [0.4, 0.5) is 5.69 Å². The van der Waals surface area contributed by atoms with Crippen molar-refractivity contribution in [2.24, 2.45) is 5.16 Å². The number of ether oxygens (including phenoxy) is 2. The van der Waals surface area contributed by atoms with Gasteiger partial charge in [0.25, 0.3) is 0 Å². The highest BCUT2D eigenvalue weighted by Crippen LogP contribution is 2.37. The molecule has 0 spiro atoms. The molecule has 1 aliphatic heterocycles. The number of esters is 2. The summed E-state index contributed by atoms with van der Waals surface area (Å²) in [5, 5.41) is 3.89. The molecular formula is C23H24N2O6. The van der Waals surface area contributed by atoms with E-state index in [-0.39, 0.29) is 17.4 Å². The number of hydrogen-bond donors (Lipinski definition) is 0. The molecule has 0 radical (unpaired) electrons. The van der Waals surface area contributed by atoms with Crippen LogP contribution < -0.4 is 14.4 Å². The highest BCUT2D eigenvalue weighted by Gasteiger charge is 2.23. The zero-order valence-corrected chi connectivity index (χ0v) is 17.9. The Morgan fingerprint density at radius 1 is 0.935 bits per heavy atom. The zero-order valence-electron chi connectivity index (χ0n) is 17.9. The lowest BCUT2D eigenvalue weighted by atomic mass is 9.99. The van der Waals surface area contributed by atoms with E-state index in [0.29, 0.717) is 29.8 Å². The summed E-state index contributed by atoms with van der Waals surface area (Å²) in [5.74, 6) is -0.559. The van der Waals surface area contributed by atoms with Gasteiger partial charge in [0.1, 0.15) is 18.6 Å². The quantitative estimate of drug-likeness (QED) is 0.304. The Bertz CT molecular complexity index is 1010. The number of carbonyl (C=O) groups is 3. The summed E-state index contributed by atoms with van der Waals surface area (Å²) >= 11 is 0. The van der Waals surface area contributed by atoms with E-state index in [1.54, 1.807) is 24.0 Å². The van der Waals surface area contributed by atoms with E-state index >= 15 is 0 Å². The third kappa shape index (κ3) is 5.09. The molecule has 0 atom stereocenters. The van der Waals surface area contributed by atoms with Gasteiger partial charge in [-0.25, -0.2) is 0 Å². The Balaban J connectivity index is 2.09. The second kappa shape index (κ2) is 9.42. The van der Waals surface area contributed by atoms with Gasteiger partial charge < -0.3 is 19.2 Å². The van der Waals surface area contributed by atoms with Crippen LogP contribution >= 0.6 is 0 Å². The van der Waals surface area contributed by atoms with Crippen molar-refractivity contribution in [2.45, 2.75) is 33.6 Å². The Morgan fingerprint density at radius 2 is 1.52 bits per heavy atom. The number of oxime groups is 1. The maximum absolute atomic E-state index is 12.0. The summed E-state index contributed by atoms with van der Waals surface area (Å²) in [6.07, 6.45) is 1.41. The fourth-order valence-corrected chi connectivity index (χ4v) is 3.52. The van der Waals surface area contributed by atoms with Crippen molar-refractivity contribution < 1.29 is 28.7 Å². The van der Waals surface area contributed by atoms with E-state index in [4.69, 9.17) is 14.3 Å². The van der Waals surface area contributed by atoms with Crippen LogP contribution in [0.2, 0.25) is 0 Å². The standard InChI is InChI=1S/C23H24N2O6/c1-14(24-29-4)23-20(30-15(2)26)12-18(13-21(23)31-16(3)27)17-7-9-19(10-8-17)25-11-5-6-22(25)28/h7-10,12-13H,5-6,11H2,1-4H3/b24-14-. The monoisotopic (exact) mass is 424 g/mol. The first kappa shape index (κ1) is 22.0. The van der Waals surface area contributed by atoms with E-state index in [1.165, 1.54) is 21.0 Å². The fraction of sp³-hybridized carbons (Fsp3) is 0.304. The molecule has 1 saturated heterocycles. The number of rotatable bonds is 6. The molecule has 2 aromatic rings. The minimum Gasteiger partial charge on any atom is -0.426 e. The predicted molar refractivity (Wildman–Crippen MR) is 115 cm³/mol. The first-order chi connectivity index (χ1) is 14.8. The molecule has 162 valence electrons.